The quantitative estimate of drug-likeness (QED) is 0.430. The van der Waals surface area contributed by atoms with Gasteiger partial charge in [-0.3, -0.25) is 0 Å². The highest BCUT2D eigenvalue weighted by atomic mass is 79.9. The minimum Gasteiger partial charge on any atom is -0.490 e. The van der Waals surface area contributed by atoms with Gasteiger partial charge in [0.25, 0.3) is 0 Å². The number of hydrogen-bond acceptors (Lipinski definition) is 3. The Balaban J connectivity index is 1.63. The second-order valence-corrected chi connectivity index (χ2v) is 7.62. The molecule has 0 radical (unpaired) electrons. The number of aromatic carboxylic acids is 1. The molecule has 4 nitrogen and oxygen atoms in total. The molecule has 1 N–H and O–H groups in total. The summed E-state index contributed by atoms with van der Waals surface area (Å²) in [5.41, 5.74) is 0.876. The Morgan fingerprint density at radius 2 is 1.57 bits per heavy atom. The van der Waals surface area contributed by atoms with E-state index in [1.54, 1.807) is 12.1 Å². The Hall–Kier alpha value is -2.50. The summed E-state index contributed by atoms with van der Waals surface area (Å²) < 4.78 is 12.7. The molecule has 3 aromatic carbocycles. The molecule has 0 heterocycles. The van der Waals surface area contributed by atoms with E-state index in [9.17, 15) is 9.90 Å². The largest absolute Gasteiger partial charge is 0.490 e. The zero-order chi connectivity index (χ0) is 20.1. The monoisotopic (exact) mass is 460 g/mol. The number of ether oxygens (including phenoxy) is 2. The van der Waals surface area contributed by atoms with Crippen molar-refractivity contribution in [2.24, 2.45) is 0 Å². The van der Waals surface area contributed by atoms with Crippen LogP contribution < -0.4 is 9.47 Å². The fraction of sp³-hybridized carbons (Fsp3) is 0.136. The van der Waals surface area contributed by atoms with Crippen LogP contribution in [0.1, 0.15) is 22.8 Å². The van der Waals surface area contributed by atoms with Crippen molar-refractivity contribution in [3.05, 3.63) is 87.4 Å². The van der Waals surface area contributed by atoms with E-state index in [-0.39, 0.29) is 11.7 Å². The molecule has 0 aliphatic rings. The lowest BCUT2D eigenvalue weighted by Gasteiger charge is -2.16. The Kier molecular flexibility index (Phi) is 6.60. The first-order valence-corrected chi connectivity index (χ1v) is 9.79. The molecule has 144 valence electrons. The predicted molar refractivity (Wildman–Crippen MR) is 113 cm³/mol. The van der Waals surface area contributed by atoms with Crippen LogP contribution in [0.2, 0.25) is 5.02 Å². The zero-order valence-corrected chi connectivity index (χ0v) is 17.4. The lowest BCUT2D eigenvalue weighted by Crippen LogP contribution is -2.17. The van der Waals surface area contributed by atoms with Crippen molar-refractivity contribution in [3.63, 3.8) is 0 Å². The molecule has 28 heavy (non-hydrogen) atoms. The van der Waals surface area contributed by atoms with E-state index in [1.165, 1.54) is 6.07 Å². The van der Waals surface area contributed by atoms with E-state index in [4.69, 9.17) is 21.1 Å². The Labute approximate surface area is 176 Å². The van der Waals surface area contributed by atoms with Crippen LogP contribution in [0.5, 0.6) is 17.2 Å². The maximum absolute atomic E-state index is 11.4. The fourth-order valence-corrected chi connectivity index (χ4v) is 3.21. The number of halogens is 2. The molecule has 0 amide bonds. The average Bonchev–Trinajstić information content (AvgIpc) is 2.65. The predicted octanol–water partition coefficient (Wildman–Crippen LogP) is 6.60. The van der Waals surface area contributed by atoms with Crippen LogP contribution in [-0.4, -0.2) is 17.2 Å². The standard InChI is InChI=1S/C22H18BrClO4/c1-14(12-15-13-17(24)4-11-21(15)22(25)26)27-18-7-9-20(10-8-18)28-19-5-2-16(23)3-6-19/h2-11,13-14H,12H2,1H3,(H,25,26). The van der Waals surface area contributed by atoms with Crippen molar-refractivity contribution >= 4 is 33.5 Å². The Morgan fingerprint density at radius 1 is 1.00 bits per heavy atom. The van der Waals surface area contributed by atoms with Crippen LogP contribution in [0.3, 0.4) is 0 Å². The highest BCUT2D eigenvalue weighted by molar-refractivity contribution is 9.10. The average molecular weight is 462 g/mol. The molecule has 0 bridgehead atoms. The van der Waals surface area contributed by atoms with Crippen molar-refractivity contribution in [1.82, 2.24) is 0 Å². The fourth-order valence-electron chi connectivity index (χ4n) is 2.75. The molecular weight excluding hydrogens is 444 g/mol. The first-order chi connectivity index (χ1) is 13.4. The molecule has 0 aliphatic heterocycles. The number of carbonyl (C=O) groups is 1. The molecule has 0 aliphatic carbocycles. The smallest absolute Gasteiger partial charge is 0.335 e. The van der Waals surface area contributed by atoms with Crippen molar-refractivity contribution in [2.45, 2.75) is 19.4 Å². The van der Waals surface area contributed by atoms with Gasteiger partial charge < -0.3 is 14.6 Å². The molecule has 0 saturated carbocycles. The maximum atomic E-state index is 11.4. The second kappa shape index (κ2) is 9.13. The third kappa shape index (κ3) is 5.50. The van der Waals surface area contributed by atoms with Gasteiger partial charge in [0.15, 0.2) is 0 Å². The molecule has 1 unspecified atom stereocenters. The van der Waals surface area contributed by atoms with E-state index < -0.39 is 5.97 Å². The van der Waals surface area contributed by atoms with Crippen LogP contribution in [-0.2, 0) is 6.42 Å². The van der Waals surface area contributed by atoms with Crippen LogP contribution in [0.4, 0.5) is 0 Å². The molecule has 0 aromatic heterocycles. The summed E-state index contributed by atoms with van der Waals surface area (Å²) in [5, 5.41) is 9.83. The molecule has 0 spiro atoms. The van der Waals surface area contributed by atoms with Gasteiger partial charge in [0, 0.05) is 15.9 Å². The third-order valence-electron chi connectivity index (χ3n) is 4.02. The molecule has 1 atom stereocenters. The van der Waals surface area contributed by atoms with Gasteiger partial charge in [0.1, 0.15) is 17.2 Å². The zero-order valence-electron chi connectivity index (χ0n) is 15.1. The minimum atomic E-state index is -0.978. The summed E-state index contributed by atoms with van der Waals surface area (Å²) in [7, 11) is 0. The van der Waals surface area contributed by atoms with Gasteiger partial charge in [-0.2, -0.15) is 0 Å². The Bertz CT molecular complexity index is 955. The molecule has 3 aromatic rings. The van der Waals surface area contributed by atoms with Gasteiger partial charge in [0.2, 0.25) is 0 Å². The first kappa shape index (κ1) is 20.2. The number of carboxylic acids is 1. The van der Waals surface area contributed by atoms with Crippen LogP contribution in [0, 0.1) is 0 Å². The van der Waals surface area contributed by atoms with Crippen molar-refractivity contribution in [2.75, 3.05) is 0 Å². The van der Waals surface area contributed by atoms with Crippen LogP contribution in [0.15, 0.2) is 71.2 Å². The summed E-state index contributed by atoms with van der Waals surface area (Å²) in [6.45, 7) is 1.89. The molecule has 0 saturated heterocycles. The highest BCUT2D eigenvalue weighted by Crippen LogP contribution is 2.26. The summed E-state index contributed by atoms with van der Waals surface area (Å²) in [6.07, 6.45) is 0.203. The number of rotatable bonds is 7. The van der Waals surface area contributed by atoms with Gasteiger partial charge in [-0.05, 0) is 79.2 Å². The van der Waals surface area contributed by atoms with E-state index in [2.05, 4.69) is 15.9 Å². The second-order valence-electron chi connectivity index (χ2n) is 6.27. The van der Waals surface area contributed by atoms with Gasteiger partial charge >= 0.3 is 5.97 Å². The normalized spacial score (nSPS) is 11.7. The lowest BCUT2D eigenvalue weighted by atomic mass is 10.0. The van der Waals surface area contributed by atoms with Crippen molar-refractivity contribution < 1.29 is 19.4 Å². The maximum Gasteiger partial charge on any atom is 0.335 e. The van der Waals surface area contributed by atoms with E-state index in [0.717, 1.165) is 10.2 Å². The summed E-state index contributed by atoms with van der Waals surface area (Å²) in [5.74, 6) is 1.14. The van der Waals surface area contributed by atoms with E-state index in [0.29, 0.717) is 28.5 Å². The molecule has 0 fully saturated rings. The van der Waals surface area contributed by atoms with Gasteiger partial charge in [-0.25, -0.2) is 4.79 Å². The van der Waals surface area contributed by atoms with Crippen molar-refractivity contribution in [3.8, 4) is 17.2 Å². The van der Waals surface area contributed by atoms with Gasteiger partial charge in [-0.15, -0.1) is 0 Å². The third-order valence-corrected chi connectivity index (χ3v) is 4.78. The van der Waals surface area contributed by atoms with Crippen LogP contribution in [0.25, 0.3) is 0 Å². The highest BCUT2D eigenvalue weighted by Gasteiger charge is 2.14. The van der Waals surface area contributed by atoms with Crippen LogP contribution >= 0.6 is 27.5 Å². The summed E-state index contributed by atoms with van der Waals surface area (Å²) in [6, 6.07) is 19.6. The van der Waals surface area contributed by atoms with E-state index in [1.807, 2.05) is 55.5 Å². The number of carboxylic acid groups (broad SMARTS) is 1. The molecule has 3 rings (SSSR count). The summed E-state index contributed by atoms with van der Waals surface area (Å²) >= 11 is 9.40. The van der Waals surface area contributed by atoms with Crippen molar-refractivity contribution in [1.29, 1.82) is 0 Å². The number of hydrogen-bond donors (Lipinski definition) is 1. The number of benzene rings is 3. The summed E-state index contributed by atoms with van der Waals surface area (Å²) in [4.78, 5) is 11.4. The molecule has 6 heteroatoms. The first-order valence-electron chi connectivity index (χ1n) is 8.62. The molecular formula is C22H18BrClO4. The topological polar surface area (TPSA) is 55.8 Å². The lowest BCUT2D eigenvalue weighted by molar-refractivity contribution is 0.0695. The van der Waals surface area contributed by atoms with Gasteiger partial charge in [-0.1, -0.05) is 27.5 Å². The Morgan fingerprint density at radius 3 is 2.18 bits per heavy atom. The van der Waals surface area contributed by atoms with E-state index >= 15 is 0 Å². The van der Waals surface area contributed by atoms with Gasteiger partial charge in [0.05, 0.1) is 11.7 Å². The SMILES string of the molecule is CC(Cc1cc(Cl)ccc1C(=O)O)Oc1ccc(Oc2ccc(Br)cc2)cc1. The minimum absolute atomic E-state index is 0.227.